The number of halogens is 2. The maximum atomic E-state index is 13.2. The predicted molar refractivity (Wildman–Crippen MR) is 78.0 cm³/mol. The van der Waals surface area contributed by atoms with Gasteiger partial charge in [-0.1, -0.05) is 0 Å². The highest BCUT2D eigenvalue weighted by Gasteiger charge is 2.16. The standard InChI is InChI=1S/C14H9BrFN3O/c15-8-4-9-10(6-19-14(9)18-5-8)13(20)7-1-2-11(16)12(17)3-7/h1-6H,17H2,(H,18,19). The molecule has 0 unspecified atom stereocenters. The average molecular weight is 334 g/mol. The third-order valence-corrected chi connectivity index (χ3v) is 3.43. The first-order chi connectivity index (χ1) is 9.56. The Balaban J connectivity index is 2.12. The van der Waals surface area contributed by atoms with E-state index in [0.717, 1.165) is 4.47 Å². The van der Waals surface area contributed by atoms with Crippen LogP contribution in [-0.4, -0.2) is 15.8 Å². The highest BCUT2D eigenvalue weighted by Crippen LogP contribution is 2.24. The minimum atomic E-state index is -0.537. The van der Waals surface area contributed by atoms with Gasteiger partial charge in [0.05, 0.1) is 5.69 Å². The number of carbonyl (C=O) groups is 1. The lowest BCUT2D eigenvalue weighted by Crippen LogP contribution is -2.02. The van der Waals surface area contributed by atoms with Gasteiger partial charge in [-0.3, -0.25) is 4.79 Å². The summed E-state index contributed by atoms with van der Waals surface area (Å²) >= 11 is 3.32. The van der Waals surface area contributed by atoms with Gasteiger partial charge >= 0.3 is 0 Å². The van der Waals surface area contributed by atoms with Gasteiger partial charge in [-0.25, -0.2) is 9.37 Å². The Morgan fingerprint density at radius 2 is 2.15 bits per heavy atom. The number of rotatable bonds is 2. The smallest absolute Gasteiger partial charge is 0.195 e. The molecule has 0 atom stereocenters. The molecule has 0 aliphatic heterocycles. The zero-order valence-corrected chi connectivity index (χ0v) is 11.7. The maximum Gasteiger partial charge on any atom is 0.195 e. The molecule has 3 aromatic rings. The van der Waals surface area contributed by atoms with Gasteiger partial charge in [-0.05, 0) is 40.2 Å². The van der Waals surface area contributed by atoms with Crippen molar-refractivity contribution < 1.29 is 9.18 Å². The number of H-pyrrole nitrogens is 1. The molecule has 2 aromatic heterocycles. The number of aromatic amines is 1. The third kappa shape index (κ3) is 2.08. The zero-order valence-electron chi connectivity index (χ0n) is 10.2. The second-order valence-corrected chi connectivity index (χ2v) is 5.23. The van der Waals surface area contributed by atoms with Gasteiger partial charge in [0.1, 0.15) is 11.5 Å². The minimum absolute atomic E-state index is 0.0463. The topological polar surface area (TPSA) is 71.8 Å². The fraction of sp³-hybridized carbons (Fsp3) is 0. The summed E-state index contributed by atoms with van der Waals surface area (Å²) in [6.45, 7) is 0. The van der Waals surface area contributed by atoms with E-state index in [1.165, 1.54) is 18.2 Å². The number of nitrogen functional groups attached to an aromatic ring is 1. The molecule has 0 radical (unpaired) electrons. The lowest BCUT2D eigenvalue weighted by molar-refractivity contribution is 0.104. The lowest BCUT2D eigenvalue weighted by atomic mass is 10.0. The van der Waals surface area contributed by atoms with Crippen LogP contribution in [0.4, 0.5) is 10.1 Å². The van der Waals surface area contributed by atoms with E-state index in [1.807, 2.05) is 0 Å². The summed E-state index contributed by atoms with van der Waals surface area (Å²) in [7, 11) is 0. The van der Waals surface area contributed by atoms with Gasteiger partial charge in [0.2, 0.25) is 0 Å². The number of benzene rings is 1. The number of aromatic nitrogens is 2. The molecule has 20 heavy (non-hydrogen) atoms. The molecule has 0 fully saturated rings. The molecule has 1 aromatic carbocycles. The lowest BCUT2D eigenvalue weighted by Gasteiger charge is -2.02. The van der Waals surface area contributed by atoms with Crippen molar-refractivity contribution in [3.05, 3.63) is 58.1 Å². The quantitative estimate of drug-likeness (QED) is 0.558. The molecule has 0 aliphatic rings. The molecule has 4 nitrogen and oxygen atoms in total. The van der Waals surface area contributed by atoms with E-state index in [-0.39, 0.29) is 11.5 Å². The number of carbonyl (C=O) groups excluding carboxylic acids is 1. The summed E-state index contributed by atoms with van der Waals surface area (Å²) in [5.74, 6) is -0.771. The van der Waals surface area contributed by atoms with Crippen LogP contribution in [0.5, 0.6) is 0 Å². The van der Waals surface area contributed by atoms with E-state index in [0.29, 0.717) is 22.2 Å². The van der Waals surface area contributed by atoms with Crippen LogP contribution in [0.3, 0.4) is 0 Å². The van der Waals surface area contributed by atoms with Crippen molar-refractivity contribution in [1.82, 2.24) is 9.97 Å². The number of hydrogen-bond donors (Lipinski definition) is 2. The molecule has 0 aliphatic carbocycles. The molecular weight excluding hydrogens is 325 g/mol. The van der Waals surface area contributed by atoms with E-state index in [1.54, 1.807) is 18.5 Å². The second-order valence-electron chi connectivity index (χ2n) is 4.32. The summed E-state index contributed by atoms with van der Waals surface area (Å²) in [6.07, 6.45) is 3.23. The molecule has 3 N–H and O–H groups in total. The Bertz CT molecular complexity index is 828. The fourth-order valence-electron chi connectivity index (χ4n) is 2.01. The van der Waals surface area contributed by atoms with Crippen LogP contribution in [0.1, 0.15) is 15.9 Å². The molecule has 6 heteroatoms. The summed E-state index contributed by atoms with van der Waals surface area (Å²) in [5.41, 5.74) is 6.87. The number of ketones is 1. The van der Waals surface area contributed by atoms with Gasteiger partial charge in [0, 0.05) is 33.4 Å². The van der Waals surface area contributed by atoms with Crippen LogP contribution in [0.15, 0.2) is 41.1 Å². The normalized spacial score (nSPS) is 10.9. The molecule has 0 amide bonds. The first kappa shape index (κ1) is 12.8. The molecule has 0 saturated carbocycles. The van der Waals surface area contributed by atoms with Crippen molar-refractivity contribution in [3.8, 4) is 0 Å². The first-order valence-electron chi connectivity index (χ1n) is 5.78. The van der Waals surface area contributed by atoms with Crippen molar-refractivity contribution in [3.63, 3.8) is 0 Å². The van der Waals surface area contributed by atoms with Gasteiger partial charge in [-0.2, -0.15) is 0 Å². The molecular formula is C14H9BrFN3O. The summed E-state index contributed by atoms with van der Waals surface area (Å²) in [5, 5.41) is 0.701. The van der Waals surface area contributed by atoms with Gasteiger partial charge < -0.3 is 10.7 Å². The number of pyridine rings is 1. The number of anilines is 1. The molecule has 2 heterocycles. The zero-order chi connectivity index (χ0) is 14.3. The number of nitrogens with one attached hydrogen (secondary N) is 1. The molecule has 0 spiro atoms. The largest absolute Gasteiger partial charge is 0.396 e. The maximum absolute atomic E-state index is 13.2. The molecule has 0 saturated heterocycles. The van der Waals surface area contributed by atoms with Crippen LogP contribution in [0.25, 0.3) is 11.0 Å². The second kappa shape index (κ2) is 4.72. The summed E-state index contributed by atoms with van der Waals surface area (Å²) in [4.78, 5) is 19.6. The fourth-order valence-corrected chi connectivity index (χ4v) is 2.34. The average Bonchev–Trinajstić information content (AvgIpc) is 2.84. The van der Waals surface area contributed by atoms with E-state index in [4.69, 9.17) is 5.73 Å². The molecule has 3 rings (SSSR count). The van der Waals surface area contributed by atoms with Crippen molar-refractivity contribution in [2.75, 3.05) is 5.73 Å². The number of hydrogen-bond acceptors (Lipinski definition) is 3. The van der Waals surface area contributed by atoms with E-state index in [2.05, 4.69) is 25.9 Å². The molecule has 0 bridgehead atoms. The highest BCUT2D eigenvalue weighted by molar-refractivity contribution is 9.10. The molecule has 100 valence electrons. The van der Waals surface area contributed by atoms with Gasteiger partial charge in [0.15, 0.2) is 5.78 Å². The van der Waals surface area contributed by atoms with Crippen LogP contribution >= 0.6 is 15.9 Å². The predicted octanol–water partition coefficient (Wildman–Crippen LogP) is 3.28. The summed E-state index contributed by atoms with van der Waals surface area (Å²) in [6, 6.07) is 5.74. The van der Waals surface area contributed by atoms with Crippen LogP contribution < -0.4 is 5.73 Å². The minimum Gasteiger partial charge on any atom is -0.396 e. The monoisotopic (exact) mass is 333 g/mol. The first-order valence-corrected chi connectivity index (χ1v) is 6.58. The van der Waals surface area contributed by atoms with E-state index in [9.17, 15) is 9.18 Å². The Morgan fingerprint density at radius 1 is 1.35 bits per heavy atom. The van der Waals surface area contributed by atoms with Crippen molar-refractivity contribution >= 4 is 38.4 Å². The Labute approximate surface area is 121 Å². The Hall–Kier alpha value is -2.21. The van der Waals surface area contributed by atoms with Crippen molar-refractivity contribution in [1.29, 1.82) is 0 Å². The van der Waals surface area contributed by atoms with Gasteiger partial charge in [-0.15, -0.1) is 0 Å². The third-order valence-electron chi connectivity index (χ3n) is 3.00. The number of nitrogens with zero attached hydrogens (tertiary/aromatic N) is 1. The van der Waals surface area contributed by atoms with Crippen molar-refractivity contribution in [2.45, 2.75) is 0 Å². The van der Waals surface area contributed by atoms with E-state index < -0.39 is 5.82 Å². The Kier molecular flexibility index (Phi) is 3.02. The van der Waals surface area contributed by atoms with Crippen LogP contribution in [-0.2, 0) is 0 Å². The van der Waals surface area contributed by atoms with E-state index >= 15 is 0 Å². The Morgan fingerprint density at radius 3 is 2.90 bits per heavy atom. The highest BCUT2D eigenvalue weighted by atomic mass is 79.9. The number of nitrogens with two attached hydrogens (primary N) is 1. The van der Waals surface area contributed by atoms with Crippen LogP contribution in [0, 0.1) is 5.82 Å². The summed E-state index contributed by atoms with van der Waals surface area (Å²) < 4.78 is 13.9. The van der Waals surface area contributed by atoms with Crippen molar-refractivity contribution in [2.24, 2.45) is 0 Å². The van der Waals surface area contributed by atoms with Gasteiger partial charge in [0.25, 0.3) is 0 Å². The number of fused-ring (bicyclic) bond motifs is 1. The SMILES string of the molecule is Nc1cc(C(=O)c2c[nH]c3ncc(Br)cc23)ccc1F. The van der Waals surface area contributed by atoms with Crippen LogP contribution in [0.2, 0.25) is 0 Å².